The first-order valence-corrected chi connectivity index (χ1v) is 5.26. The van der Waals surface area contributed by atoms with Gasteiger partial charge in [0, 0.05) is 6.07 Å². The maximum atomic E-state index is 13.7. The minimum Gasteiger partial charge on any atom is -0.338 e. The van der Waals surface area contributed by atoms with Crippen LogP contribution < -0.4 is 5.32 Å². The van der Waals surface area contributed by atoms with E-state index in [9.17, 15) is 23.7 Å². The number of nitrogens with one attached hydrogen (secondary N) is 1. The van der Waals surface area contributed by atoms with E-state index in [0.29, 0.717) is 17.8 Å². The minimum atomic E-state index is -1.43. The van der Waals surface area contributed by atoms with Crippen molar-refractivity contribution in [2.24, 2.45) is 0 Å². The lowest BCUT2D eigenvalue weighted by Gasteiger charge is -2.03. The molecule has 0 bridgehead atoms. The molecule has 0 fully saturated rings. The SMILES string of the molecule is Cc1cc(NC(=O)c2cc(F)cc([N+](=O)[O-])c2F)on1. The van der Waals surface area contributed by atoms with Gasteiger partial charge in [-0.05, 0) is 13.0 Å². The highest BCUT2D eigenvalue weighted by molar-refractivity contribution is 6.04. The average molecular weight is 283 g/mol. The lowest BCUT2D eigenvalue weighted by molar-refractivity contribution is -0.387. The van der Waals surface area contributed by atoms with E-state index >= 15 is 0 Å². The molecule has 2 rings (SSSR count). The highest BCUT2D eigenvalue weighted by Crippen LogP contribution is 2.23. The smallest absolute Gasteiger partial charge is 0.308 e. The van der Waals surface area contributed by atoms with E-state index in [-0.39, 0.29) is 5.88 Å². The number of amides is 1. The van der Waals surface area contributed by atoms with Crippen molar-refractivity contribution in [3.05, 3.63) is 51.2 Å². The summed E-state index contributed by atoms with van der Waals surface area (Å²) in [5, 5.41) is 16.1. The van der Waals surface area contributed by atoms with Crippen LogP contribution in [0.3, 0.4) is 0 Å². The van der Waals surface area contributed by atoms with Gasteiger partial charge in [-0.25, -0.2) is 4.39 Å². The second-order valence-electron chi connectivity index (χ2n) is 3.83. The number of carbonyl (C=O) groups is 1. The summed E-state index contributed by atoms with van der Waals surface area (Å²) in [6.07, 6.45) is 0. The van der Waals surface area contributed by atoms with Gasteiger partial charge in [0.2, 0.25) is 11.7 Å². The number of benzene rings is 1. The summed E-state index contributed by atoms with van der Waals surface area (Å²) in [6.45, 7) is 1.59. The van der Waals surface area contributed by atoms with E-state index < -0.39 is 33.7 Å². The number of aromatic nitrogens is 1. The zero-order valence-electron chi connectivity index (χ0n) is 10.0. The first-order valence-electron chi connectivity index (χ1n) is 5.26. The van der Waals surface area contributed by atoms with Gasteiger partial charge in [-0.3, -0.25) is 20.2 Å². The third-order valence-electron chi connectivity index (χ3n) is 2.32. The fourth-order valence-corrected chi connectivity index (χ4v) is 1.47. The van der Waals surface area contributed by atoms with Gasteiger partial charge >= 0.3 is 5.69 Å². The van der Waals surface area contributed by atoms with Crippen LogP contribution in [-0.2, 0) is 0 Å². The molecule has 0 spiro atoms. The molecule has 0 aliphatic carbocycles. The summed E-state index contributed by atoms with van der Waals surface area (Å²) in [5.74, 6) is -3.69. The zero-order chi connectivity index (χ0) is 14.9. The van der Waals surface area contributed by atoms with Crippen LogP contribution in [0.4, 0.5) is 20.4 Å². The molecular weight excluding hydrogens is 276 g/mol. The molecule has 0 unspecified atom stereocenters. The van der Waals surface area contributed by atoms with Crippen molar-refractivity contribution in [2.75, 3.05) is 5.32 Å². The van der Waals surface area contributed by atoms with E-state index in [1.165, 1.54) is 6.07 Å². The number of nitro benzene ring substituents is 1. The van der Waals surface area contributed by atoms with Crippen molar-refractivity contribution < 1.29 is 23.0 Å². The largest absolute Gasteiger partial charge is 0.338 e. The Balaban J connectivity index is 2.37. The predicted molar refractivity (Wildman–Crippen MR) is 62.2 cm³/mol. The summed E-state index contributed by atoms with van der Waals surface area (Å²) < 4.78 is 31.6. The van der Waals surface area contributed by atoms with Crippen molar-refractivity contribution in [3.63, 3.8) is 0 Å². The molecule has 1 heterocycles. The van der Waals surface area contributed by atoms with Gasteiger partial charge in [-0.15, -0.1) is 0 Å². The number of hydrogen-bond acceptors (Lipinski definition) is 5. The Bertz CT molecular complexity index is 699. The molecule has 7 nitrogen and oxygen atoms in total. The molecule has 1 N–H and O–H groups in total. The van der Waals surface area contributed by atoms with Crippen LogP contribution in [-0.4, -0.2) is 16.0 Å². The molecule has 0 atom stereocenters. The number of aryl methyl sites for hydroxylation is 1. The van der Waals surface area contributed by atoms with Gasteiger partial charge in [0.1, 0.15) is 5.82 Å². The lowest BCUT2D eigenvalue weighted by atomic mass is 10.1. The second-order valence-corrected chi connectivity index (χ2v) is 3.83. The molecule has 104 valence electrons. The summed E-state index contributed by atoms with van der Waals surface area (Å²) in [4.78, 5) is 21.2. The maximum absolute atomic E-state index is 13.7. The molecule has 0 saturated heterocycles. The van der Waals surface area contributed by atoms with E-state index in [0.717, 1.165) is 0 Å². The molecule has 20 heavy (non-hydrogen) atoms. The van der Waals surface area contributed by atoms with Crippen LogP contribution in [0.15, 0.2) is 22.7 Å². The van der Waals surface area contributed by atoms with Crippen LogP contribution >= 0.6 is 0 Å². The molecule has 1 aromatic carbocycles. The van der Waals surface area contributed by atoms with E-state index in [1.54, 1.807) is 6.92 Å². The van der Waals surface area contributed by atoms with Crippen molar-refractivity contribution in [2.45, 2.75) is 6.92 Å². The van der Waals surface area contributed by atoms with Crippen molar-refractivity contribution >= 4 is 17.5 Å². The van der Waals surface area contributed by atoms with Crippen LogP contribution in [0.25, 0.3) is 0 Å². The molecule has 2 aromatic rings. The fraction of sp³-hybridized carbons (Fsp3) is 0.0909. The molecular formula is C11H7F2N3O4. The molecule has 0 saturated carbocycles. The number of rotatable bonds is 3. The van der Waals surface area contributed by atoms with Crippen LogP contribution in [0.1, 0.15) is 16.1 Å². The molecule has 0 aliphatic rings. The predicted octanol–water partition coefficient (Wildman–Crippen LogP) is 2.42. The second kappa shape index (κ2) is 5.03. The van der Waals surface area contributed by atoms with Crippen LogP contribution in [0, 0.1) is 28.7 Å². The molecule has 1 amide bonds. The Labute approximate surface area is 110 Å². The van der Waals surface area contributed by atoms with Crippen molar-refractivity contribution in [1.82, 2.24) is 5.16 Å². The lowest BCUT2D eigenvalue weighted by Crippen LogP contribution is -2.14. The quantitative estimate of drug-likeness (QED) is 0.689. The van der Waals surface area contributed by atoms with E-state index in [1.807, 2.05) is 0 Å². The Morgan fingerprint density at radius 2 is 2.10 bits per heavy atom. The van der Waals surface area contributed by atoms with Crippen LogP contribution in [0.5, 0.6) is 0 Å². The van der Waals surface area contributed by atoms with Gasteiger partial charge in [0.25, 0.3) is 5.91 Å². The summed E-state index contributed by atoms with van der Waals surface area (Å²) in [6, 6.07) is 2.30. The zero-order valence-corrected chi connectivity index (χ0v) is 10.0. The first-order chi connectivity index (χ1) is 9.38. The van der Waals surface area contributed by atoms with Crippen molar-refractivity contribution in [3.8, 4) is 0 Å². The number of nitrogens with zero attached hydrogens (tertiary/aromatic N) is 2. The number of anilines is 1. The molecule has 1 aromatic heterocycles. The normalized spacial score (nSPS) is 10.3. The van der Waals surface area contributed by atoms with Crippen molar-refractivity contribution in [1.29, 1.82) is 0 Å². The van der Waals surface area contributed by atoms with E-state index in [2.05, 4.69) is 15.0 Å². The average Bonchev–Trinajstić information content (AvgIpc) is 2.76. The summed E-state index contributed by atoms with van der Waals surface area (Å²) >= 11 is 0. The highest BCUT2D eigenvalue weighted by Gasteiger charge is 2.24. The number of carbonyl (C=O) groups excluding carboxylic acids is 1. The van der Waals surface area contributed by atoms with Gasteiger partial charge in [-0.2, -0.15) is 4.39 Å². The third-order valence-corrected chi connectivity index (χ3v) is 2.32. The Morgan fingerprint density at radius 1 is 1.40 bits per heavy atom. The van der Waals surface area contributed by atoms with E-state index in [4.69, 9.17) is 0 Å². The molecule has 9 heteroatoms. The topological polar surface area (TPSA) is 98.3 Å². The van der Waals surface area contributed by atoms with Gasteiger partial charge < -0.3 is 4.52 Å². The summed E-state index contributed by atoms with van der Waals surface area (Å²) in [7, 11) is 0. The third kappa shape index (κ3) is 2.60. The molecule has 0 radical (unpaired) electrons. The summed E-state index contributed by atoms with van der Waals surface area (Å²) in [5.41, 5.74) is -1.46. The van der Waals surface area contributed by atoms with Gasteiger partial charge in [-0.1, -0.05) is 5.16 Å². The highest BCUT2D eigenvalue weighted by atomic mass is 19.1. The van der Waals surface area contributed by atoms with Crippen LogP contribution in [0.2, 0.25) is 0 Å². The number of halogens is 2. The fourth-order valence-electron chi connectivity index (χ4n) is 1.47. The van der Waals surface area contributed by atoms with Gasteiger partial charge in [0.15, 0.2) is 0 Å². The Kier molecular flexibility index (Phi) is 3.42. The Hall–Kier alpha value is -2.84. The molecule has 0 aliphatic heterocycles. The number of hydrogen-bond donors (Lipinski definition) is 1. The Morgan fingerprint density at radius 3 is 2.65 bits per heavy atom. The first kappa shape index (κ1) is 13.6. The van der Waals surface area contributed by atoms with Gasteiger partial charge in [0.05, 0.1) is 22.2 Å². The minimum absolute atomic E-state index is 0.0844. The maximum Gasteiger partial charge on any atom is 0.308 e. The standard InChI is InChI=1S/C11H7F2N3O4/c1-5-2-9(20-15-5)14-11(17)7-3-6(12)4-8(10(7)13)16(18)19/h2-4H,1H3,(H,14,17). The monoisotopic (exact) mass is 283 g/mol. The number of nitro groups is 1.